The van der Waals surface area contributed by atoms with Crippen LogP contribution in [0.15, 0.2) is 48.8 Å². The van der Waals surface area contributed by atoms with Crippen molar-refractivity contribution in [3.63, 3.8) is 0 Å². The highest BCUT2D eigenvalue weighted by atomic mass is 16.5. The van der Waals surface area contributed by atoms with E-state index < -0.39 is 0 Å². The van der Waals surface area contributed by atoms with E-state index in [4.69, 9.17) is 4.74 Å². The number of hydrogen-bond acceptors (Lipinski definition) is 5. The quantitative estimate of drug-likeness (QED) is 0.438. The van der Waals surface area contributed by atoms with Crippen LogP contribution < -0.4 is 4.74 Å². The maximum atomic E-state index is 13.3. The molecule has 2 aliphatic rings. The molecule has 7 nitrogen and oxygen atoms in total. The van der Waals surface area contributed by atoms with Crippen LogP contribution in [0.25, 0.3) is 0 Å². The van der Waals surface area contributed by atoms with Gasteiger partial charge in [0.25, 0.3) is 0 Å². The molecule has 0 saturated carbocycles. The Morgan fingerprint density at radius 1 is 1.00 bits per heavy atom. The number of hydrogen-bond donors (Lipinski definition) is 0. The Kier molecular flexibility index (Phi) is 9.20. The molecule has 7 heteroatoms. The van der Waals surface area contributed by atoms with E-state index in [1.165, 1.54) is 36.0 Å². The summed E-state index contributed by atoms with van der Waals surface area (Å²) in [7, 11) is 1.98. The third-order valence-electron chi connectivity index (χ3n) is 9.18. The van der Waals surface area contributed by atoms with Crippen molar-refractivity contribution in [1.82, 2.24) is 24.6 Å². The molecule has 40 heavy (non-hydrogen) atoms. The van der Waals surface area contributed by atoms with E-state index in [1.54, 1.807) is 0 Å². The molecule has 4 heterocycles. The van der Waals surface area contributed by atoms with Gasteiger partial charge in [-0.2, -0.15) is 5.10 Å². The van der Waals surface area contributed by atoms with Crippen molar-refractivity contribution in [3.8, 4) is 5.75 Å². The number of carbonyl (C=O) groups is 1. The second kappa shape index (κ2) is 13.0. The average molecular weight is 544 g/mol. The number of rotatable bonds is 5. The fourth-order valence-corrected chi connectivity index (χ4v) is 6.67. The SMILES string of the molecule is Cc1nn(C)c(C)c1CCC(=O)N1CCC2(CCCCc3ccccc3OCCN(Cc3ccncc3)C2)CC1. The average Bonchev–Trinajstić information content (AvgIpc) is 3.20. The number of nitrogens with zero attached hydrogens (tertiary/aromatic N) is 5. The number of amides is 1. The molecule has 1 fully saturated rings. The van der Waals surface area contributed by atoms with Crippen LogP contribution in [0.2, 0.25) is 0 Å². The van der Waals surface area contributed by atoms with Crippen LogP contribution in [-0.4, -0.2) is 63.3 Å². The maximum absolute atomic E-state index is 13.3. The van der Waals surface area contributed by atoms with Gasteiger partial charge < -0.3 is 9.64 Å². The van der Waals surface area contributed by atoms with Crippen LogP contribution in [0.3, 0.4) is 0 Å². The van der Waals surface area contributed by atoms with Crippen molar-refractivity contribution in [1.29, 1.82) is 0 Å². The minimum atomic E-state index is 0.221. The summed E-state index contributed by atoms with van der Waals surface area (Å²) < 4.78 is 8.24. The fourth-order valence-electron chi connectivity index (χ4n) is 6.67. The second-order valence-electron chi connectivity index (χ2n) is 11.9. The number of para-hydroxylation sites is 1. The van der Waals surface area contributed by atoms with E-state index in [2.05, 4.69) is 63.2 Å². The van der Waals surface area contributed by atoms with Crippen LogP contribution in [0.1, 0.15) is 66.6 Å². The Hall–Kier alpha value is -3.19. The lowest BCUT2D eigenvalue weighted by Gasteiger charge is -2.45. The Bertz CT molecular complexity index is 1260. The van der Waals surface area contributed by atoms with Crippen molar-refractivity contribution >= 4 is 5.91 Å². The predicted octanol–water partition coefficient (Wildman–Crippen LogP) is 5.28. The maximum Gasteiger partial charge on any atom is 0.222 e. The number of ether oxygens (including phenoxy) is 1. The lowest BCUT2D eigenvalue weighted by atomic mass is 9.73. The summed E-state index contributed by atoms with van der Waals surface area (Å²) in [5.41, 5.74) is 6.25. The van der Waals surface area contributed by atoms with E-state index in [-0.39, 0.29) is 11.3 Å². The number of carbonyl (C=O) groups excluding carboxylic acids is 1. The smallest absolute Gasteiger partial charge is 0.222 e. The summed E-state index contributed by atoms with van der Waals surface area (Å²) in [6, 6.07) is 12.7. The normalized spacial score (nSPS) is 18.4. The van der Waals surface area contributed by atoms with Gasteiger partial charge in [-0.1, -0.05) is 24.6 Å². The minimum Gasteiger partial charge on any atom is -0.492 e. The summed E-state index contributed by atoms with van der Waals surface area (Å²) in [6.07, 6.45) is 11.9. The largest absolute Gasteiger partial charge is 0.492 e. The monoisotopic (exact) mass is 543 g/mol. The van der Waals surface area contributed by atoms with Crippen LogP contribution in [-0.2, 0) is 31.2 Å². The zero-order chi connectivity index (χ0) is 28.0. The van der Waals surface area contributed by atoms with Gasteiger partial charge in [0.15, 0.2) is 0 Å². The first-order chi connectivity index (χ1) is 19.4. The Labute approximate surface area is 239 Å². The first kappa shape index (κ1) is 28.3. The van der Waals surface area contributed by atoms with Gasteiger partial charge in [0, 0.05) is 64.3 Å². The molecule has 1 amide bonds. The molecule has 5 rings (SSSR count). The Morgan fingerprint density at radius 2 is 1.77 bits per heavy atom. The number of aryl methyl sites for hydroxylation is 3. The molecular formula is C33H45N5O2. The lowest BCUT2D eigenvalue weighted by Crippen LogP contribution is -2.48. The van der Waals surface area contributed by atoms with Gasteiger partial charge in [0.05, 0.1) is 5.69 Å². The number of aromatic nitrogens is 3. The highest BCUT2D eigenvalue weighted by molar-refractivity contribution is 5.76. The van der Waals surface area contributed by atoms with E-state index in [1.807, 2.05) is 31.0 Å². The predicted molar refractivity (Wildman–Crippen MR) is 158 cm³/mol. The molecule has 1 aromatic carbocycles. The van der Waals surface area contributed by atoms with Gasteiger partial charge >= 0.3 is 0 Å². The minimum absolute atomic E-state index is 0.221. The summed E-state index contributed by atoms with van der Waals surface area (Å²) in [6.45, 7) is 9.33. The van der Waals surface area contributed by atoms with Crippen molar-refractivity contribution in [2.45, 2.75) is 71.8 Å². The molecule has 3 aromatic rings. The van der Waals surface area contributed by atoms with E-state index in [0.29, 0.717) is 13.0 Å². The first-order valence-electron chi connectivity index (χ1n) is 15.0. The number of pyridine rings is 1. The summed E-state index contributed by atoms with van der Waals surface area (Å²) in [4.78, 5) is 22.2. The zero-order valence-corrected chi connectivity index (χ0v) is 24.6. The molecule has 0 unspecified atom stereocenters. The molecule has 0 radical (unpaired) electrons. The summed E-state index contributed by atoms with van der Waals surface area (Å²) in [5, 5.41) is 4.53. The van der Waals surface area contributed by atoms with Crippen molar-refractivity contribution < 1.29 is 9.53 Å². The molecule has 0 aliphatic carbocycles. The molecule has 1 spiro atoms. The fraction of sp³-hybridized carbons (Fsp3) is 0.545. The van der Waals surface area contributed by atoms with Crippen LogP contribution in [0.5, 0.6) is 5.75 Å². The molecule has 1 saturated heterocycles. The van der Waals surface area contributed by atoms with Crippen LogP contribution in [0, 0.1) is 19.3 Å². The van der Waals surface area contributed by atoms with Crippen molar-refractivity contribution in [2.24, 2.45) is 12.5 Å². The molecule has 2 aromatic heterocycles. The first-order valence-corrected chi connectivity index (χ1v) is 15.0. The Balaban J connectivity index is 1.26. The van der Waals surface area contributed by atoms with Gasteiger partial charge in [-0.05, 0) is 92.7 Å². The number of fused-ring (bicyclic) bond motifs is 1. The van der Waals surface area contributed by atoms with Gasteiger partial charge in [-0.15, -0.1) is 0 Å². The highest BCUT2D eigenvalue weighted by Crippen LogP contribution is 2.39. The van der Waals surface area contributed by atoms with Crippen molar-refractivity contribution in [3.05, 3.63) is 76.9 Å². The van der Waals surface area contributed by atoms with E-state index in [0.717, 1.165) is 75.5 Å². The van der Waals surface area contributed by atoms with Crippen molar-refractivity contribution in [2.75, 3.05) is 32.8 Å². The van der Waals surface area contributed by atoms with Gasteiger partial charge in [0.2, 0.25) is 5.91 Å². The van der Waals surface area contributed by atoms with Crippen LogP contribution >= 0.6 is 0 Å². The Morgan fingerprint density at radius 3 is 2.52 bits per heavy atom. The third-order valence-corrected chi connectivity index (χ3v) is 9.18. The van der Waals surface area contributed by atoms with E-state index in [9.17, 15) is 4.79 Å². The highest BCUT2D eigenvalue weighted by Gasteiger charge is 2.37. The molecular weight excluding hydrogens is 498 g/mol. The van der Waals surface area contributed by atoms with Gasteiger partial charge in [-0.25, -0.2) is 0 Å². The van der Waals surface area contributed by atoms with Crippen LogP contribution in [0.4, 0.5) is 0 Å². The standard InChI is InChI=1S/C33H45N5O2/c1-26-30(27(2)36(3)35-26)11-12-32(39)38-20-16-33(17-21-38)15-7-6-9-29-8-4-5-10-31(29)40-23-22-37(25-33)24-28-13-18-34-19-14-28/h4-5,8,10,13-14,18-19H,6-7,9,11-12,15-17,20-25H2,1-3H3. The lowest BCUT2D eigenvalue weighted by molar-refractivity contribution is -0.133. The number of benzene rings is 1. The third kappa shape index (κ3) is 6.92. The summed E-state index contributed by atoms with van der Waals surface area (Å²) in [5.74, 6) is 1.31. The van der Waals surface area contributed by atoms with E-state index >= 15 is 0 Å². The van der Waals surface area contributed by atoms with Gasteiger partial charge in [-0.3, -0.25) is 19.4 Å². The molecule has 0 bridgehead atoms. The summed E-state index contributed by atoms with van der Waals surface area (Å²) >= 11 is 0. The second-order valence-corrected chi connectivity index (χ2v) is 11.9. The number of piperidine rings is 1. The molecule has 2 aliphatic heterocycles. The zero-order valence-electron chi connectivity index (χ0n) is 24.6. The topological polar surface area (TPSA) is 63.5 Å². The van der Waals surface area contributed by atoms with Gasteiger partial charge in [0.1, 0.15) is 12.4 Å². The molecule has 214 valence electrons. The molecule has 0 atom stereocenters. The number of likely N-dealkylation sites (tertiary alicyclic amines) is 1. The molecule has 0 N–H and O–H groups in total.